The Morgan fingerprint density at radius 1 is 1.32 bits per heavy atom. The number of quaternary nitrogens is 1. The highest BCUT2D eigenvalue weighted by atomic mass is 16.5. The molecular formula is C17H25N4O4+. The van der Waals surface area contributed by atoms with Crippen molar-refractivity contribution < 1.29 is 24.0 Å². The van der Waals surface area contributed by atoms with Gasteiger partial charge in [0.15, 0.2) is 0 Å². The van der Waals surface area contributed by atoms with Gasteiger partial charge in [0.25, 0.3) is 0 Å². The van der Waals surface area contributed by atoms with Crippen molar-refractivity contribution in [2.45, 2.75) is 6.42 Å². The lowest BCUT2D eigenvalue weighted by Crippen LogP contribution is -3.14. The Bertz CT molecular complexity index is 600. The van der Waals surface area contributed by atoms with Crippen LogP contribution in [0.5, 0.6) is 5.75 Å². The number of amides is 2. The zero-order chi connectivity index (χ0) is 17.9. The van der Waals surface area contributed by atoms with E-state index in [0.717, 1.165) is 44.8 Å². The monoisotopic (exact) mass is 349 g/mol. The molecule has 136 valence electrons. The van der Waals surface area contributed by atoms with Crippen LogP contribution in [0.4, 0.5) is 0 Å². The van der Waals surface area contributed by atoms with Gasteiger partial charge in [-0.15, -0.1) is 0 Å². The van der Waals surface area contributed by atoms with Crippen molar-refractivity contribution in [3.63, 3.8) is 0 Å². The predicted octanol–water partition coefficient (Wildman–Crippen LogP) is -1.43. The lowest BCUT2D eigenvalue weighted by atomic mass is 10.2. The summed E-state index contributed by atoms with van der Waals surface area (Å²) in [5, 5.41) is 6.38. The summed E-state index contributed by atoms with van der Waals surface area (Å²) in [5.41, 5.74) is 2.97. The molecule has 8 heteroatoms. The van der Waals surface area contributed by atoms with Crippen LogP contribution in [0.1, 0.15) is 12.0 Å². The van der Waals surface area contributed by atoms with Gasteiger partial charge in [0.2, 0.25) is 0 Å². The van der Waals surface area contributed by atoms with Crippen molar-refractivity contribution >= 4 is 18.0 Å². The molecule has 0 aliphatic carbocycles. The predicted molar refractivity (Wildman–Crippen MR) is 92.7 cm³/mol. The maximum absolute atomic E-state index is 11.7. The van der Waals surface area contributed by atoms with Crippen LogP contribution >= 0.6 is 0 Å². The molecular weight excluding hydrogens is 324 g/mol. The zero-order valence-electron chi connectivity index (χ0n) is 14.4. The largest absolute Gasteiger partial charge is 0.497 e. The van der Waals surface area contributed by atoms with E-state index in [1.807, 2.05) is 18.2 Å². The van der Waals surface area contributed by atoms with Crippen LogP contribution in [0.25, 0.3) is 0 Å². The smallest absolute Gasteiger partial charge is 0.329 e. The van der Waals surface area contributed by atoms with Gasteiger partial charge in [0.05, 0.1) is 33.1 Å². The first kappa shape index (κ1) is 18.9. The van der Waals surface area contributed by atoms with E-state index >= 15 is 0 Å². The highest BCUT2D eigenvalue weighted by Crippen LogP contribution is 2.10. The highest BCUT2D eigenvalue weighted by Gasteiger charge is 2.14. The van der Waals surface area contributed by atoms with Gasteiger partial charge in [-0.25, -0.2) is 5.43 Å². The summed E-state index contributed by atoms with van der Waals surface area (Å²) in [6, 6.07) is 7.20. The average Bonchev–Trinajstić information content (AvgIpc) is 2.66. The van der Waals surface area contributed by atoms with Crippen LogP contribution in [0, 0.1) is 0 Å². The minimum atomic E-state index is -0.780. The van der Waals surface area contributed by atoms with E-state index in [1.165, 1.54) is 11.1 Å². The number of methoxy groups -OCH3 is 1. The molecule has 1 fully saturated rings. The Hall–Kier alpha value is -2.45. The second-order valence-electron chi connectivity index (χ2n) is 5.70. The van der Waals surface area contributed by atoms with Crippen molar-refractivity contribution in [1.82, 2.24) is 10.7 Å². The SMILES string of the molecule is COc1cccc(/C=N\NC(=O)C(=O)NCCC[NH+]2CCOCC2)c1. The number of carbonyl (C=O) groups is 2. The summed E-state index contributed by atoms with van der Waals surface area (Å²) in [4.78, 5) is 24.8. The molecule has 1 aliphatic heterocycles. The Balaban J connectivity index is 1.64. The van der Waals surface area contributed by atoms with Crippen LogP contribution < -0.4 is 20.4 Å². The van der Waals surface area contributed by atoms with Crippen LogP contribution in [0.2, 0.25) is 0 Å². The lowest BCUT2D eigenvalue weighted by Gasteiger charge is -2.23. The first-order chi connectivity index (χ1) is 12.2. The second-order valence-corrected chi connectivity index (χ2v) is 5.70. The number of hydrazone groups is 1. The van der Waals surface area contributed by atoms with Gasteiger partial charge in [-0.1, -0.05) is 12.1 Å². The molecule has 1 heterocycles. The van der Waals surface area contributed by atoms with Crippen molar-refractivity contribution in [3.8, 4) is 5.75 Å². The van der Waals surface area contributed by atoms with Gasteiger partial charge >= 0.3 is 11.8 Å². The normalized spacial score (nSPS) is 15.1. The van der Waals surface area contributed by atoms with Crippen molar-refractivity contribution in [3.05, 3.63) is 29.8 Å². The molecule has 0 spiro atoms. The van der Waals surface area contributed by atoms with E-state index in [0.29, 0.717) is 12.3 Å². The Kier molecular flexibility index (Phi) is 7.87. The number of morpholine rings is 1. The number of nitrogens with zero attached hydrogens (tertiary/aromatic N) is 1. The summed E-state index contributed by atoms with van der Waals surface area (Å²) < 4.78 is 10.4. The molecule has 3 N–H and O–H groups in total. The summed E-state index contributed by atoms with van der Waals surface area (Å²) in [6.45, 7) is 4.99. The first-order valence-corrected chi connectivity index (χ1v) is 8.35. The van der Waals surface area contributed by atoms with Gasteiger partial charge in [-0.2, -0.15) is 5.10 Å². The van der Waals surface area contributed by atoms with E-state index in [9.17, 15) is 9.59 Å². The number of ether oxygens (including phenoxy) is 2. The molecule has 1 aromatic carbocycles. The number of hydrogen-bond donors (Lipinski definition) is 3. The molecule has 1 aromatic rings. The standard InChI is InChI=1S/C17H24N4O4/c1-24-15-5-2-4-14(12-15)13-19-20-17(23)16(22)18-6-3-7-21-8-10-25-11-9-21/h2,4-5,12-13H,3,6-11H2,1H3,(H,18,22)(H,20,23)/p+1/b19-13-. The molecule has 0 unspecified atom stereocenters. The molecule has 8 nitrogen and oxygen atoms in total. The molecule has 0 atom stereocenters. The van der Waals surface area contributed by atoms with Crippen LogP contribution in [0.15, 0.2) is 29.4 Å². The minimum absolute atomic E-state index is 0.468. The van der Waals surface area contributed by atoms with Gasteiger partial charge < -0.3 is 19.7 Å². The molecule has 0 bridgehead atoms. The van der Waals surface area contributed by atoms with Crippen LogP contribution in [-0.2, 0) is 14.3 Å². The number of carbonyl (C=O) groups excluding carboxylic acids is 2. The third kappa shape index (κ3) is 6.90. The summed E-state index contributed by atoms with van der Waals surface area (Å²) in [6.07, 6.45) is 2.27. The topological polar surface area (TPSA) is 93.5 Å². The second kappa shape index (κ2) is 10.4. The van der Waals surface area contributed by atoms with E-state index in [2.05, 4.69) is 15.8 Å². The molecule has 2 amide bonds. The maximum Gasteiger partial charge on any atom is 0.329 e. The Labute approximate surface area is 147 Å². The summed E-state index contributed by atoms with van der Waals surface area (Å²) >= 11 is 0. The number of nitrogens with one attached hydrogen (secondary N) is 3. The van der Waals surface area contributed by atoms with Crippen molar-refractivity contribution in [1.29, 1.82) is 0 Å². The van der Waals surface area contributed by atoms with Gasteiger partial charge in [0, 0.05) is 13.0 Å². The highest BCUT2D eigenvalue weighted by molar-refractivity contribution is 6.35. The quantitative estimate of drug-likeness (QED) is 0.243. The van der Waals surface area contributed by atoms with Crippen LogP contribution in [-0.4, -0.2) is 64.5 Å². The van der Waals surface area contributed by atoms with Crippen molar-refractivity contribution in [2.24, 2.45) is 5.10 Å². The molecule has 0 aromatic heterocycles. The lowest BCUT2D eigenvalue weighted by molar-refractivity contribution is -0.908. The van der Waals surface area contributed by atoms with E-state index in [1.54, 1.807) is 13.2 Å². The van der Waals surface area contributed by atoms with Crippen LogP contribution in [0.3, 0.4) is 0 Å². The van der Waals surface area contributed by atoms with E-state index < -0.39 is 11.8 Å². The fourth-order valence-corrected chi connectivity index (χ4v) is 2.47. The molecule has 2 rings (SSSR count). The number of hydrogen-bond acceptors (Lipinski definition) is 5. The molecule has 1 aliphatic rings. The Morgan fingerprint density at radius 3 is 2.88 bits per heavy atom. The van der Waals surface area contributed by atoms with E-state index in [-0.39, 0.29) is 0 Å². The molecule has 1 saturated heterocycles. The maximum atomic E-state index is 11.7. The minimum Gasteiger partial charge on any atom is -0.497 e. The van der Waals surface area contributed by atoms with Gasteiger partial charge in [-0.05, 0) is 17.7 Å². The van der Waals surface area contributed by atoms with Crippen molar-refractivity contribution in [2.75, 3.05) is 46.5 Å². The first-order valence-electron chi connectivity index (χ1n) is 8.35. The summed E-state index contributed by atoms with van der Waals surface area (Å²) in [7, 11) is 1.57. The number of benzene rings is 1. The van der Waals surface area contributed by atoms with Gasteiger partial charge in [-0.3, -0.25) is 9.59 Å². The fourth-order valence-electron chi connectivity index (χ4n) is 2.47. The van der Waals surface area contributed by atoms with Gasteiger partial charge in [0.1, 0.15) is 18.8 Å². The zero-order valence-corrected chi connectivity index (χ0v) is 14.4. The average molecular weight is 349 g/mol. The van der Waals surface area contributed by atoms with E-state index in [4.69, 9.17) is 9.47 Å². The fraction of sp³-hybridized carbons (Fsp3) is 0.471. The third-order valence-electron chi connectivity index (χ3n) is 3.87. The summed E-state index contributed by atoms with van der Waals surface area (Å²) in [5.74, 6) is -0.770. The molecule has 25 heavy (non-hydrogen) atoms. The molecule has 0 saturated carbocycles. The number of rotatable bonds is 7. The molecule has 0 radical (unpaired) electrons. The Morgan fingerprint density at radius 2 is 2.12 bits per heavy atom. The third-order valence-corrected chi connectivity index (χ3v) is 3.87.